The van der Waals surface area contributed by atoms with Crippen LogP contribution >= 0.6 is 0 Å². The molecule has 0 amide bonds. The number of hydrogen-bond acceptors (Lipinski definition) is 6. The monoisotopic (exact) mass is 1120 g/mol. The summed E-state index contributed by atoms with van der Waals surface area (Å²) in [6.07, 6.45) is 93.9. The van der Waals surface area contributed by atoms with Gasteiger partial charge in [0.1, 0.15) is 13.2 Å². The zero-order valence-corrected chi connectivity index (χ0v) is 53.3. The van der Waals surface area contributed by atoms with Crippen molar-refractivity contribution in [2.75, 3.05) is 13.2 Å². The maximum absolute atomic E-state index is 12.9. The van der Waals surface area contributed by atoms with Gasteiger partial charge < -0.3 is 14.2 Å². The highest BCUT2D eigenvalue weighted by molar-refractivity contribution is 5.71. The summed E-state index contributed by atoms with van der Waals surface area (Å²) in [7, 11) is 0. The molecule has 1 unspecified atom stereocenters. The lowest BCUT2D eigenvalue weighted by atomic mass is 10.0. The largest absolute Gasteiger partial charge is 0.462 e. The summed E-state index contributed by atoms with van der Waals surface area (Å²) < 4.78 is 16.9. The Labute approximate surface area is 501 Å². The Morgan fingerprint density at radius 2 is 0.506 bits per heavy atom. The Morgan fingerprint density at radius 3 is 0.815 bits per heavy atom. The highest BCUT2D eigenvalue weighted by Gasteiger charge is 2.19. The van der Waals surface area contributed by atoms with E-state index in [9.17, 15) is 14.4 Å². The topological polar surface area (TPSA) is 78.9 Å². The van der Waals surface area contributed by atoms with E-state index in [0.717, 1.165) is 128 Å². The van der Waals surface area contributed by atoms with Gasteiger partial charge in [-0.25, -0.2) is 0 Å². The van der Waals surface area contributed by atoms with Crippen LogP contribution in [-0.4, -0.2) is 37.2 Å². The van der Waals surface area contributed by atoms with Gasteiger partial charge in [0.25, 0.3) is 0 Å². The number of ether oxygens (including phenoxy) is 3. The average Bonchev–Trinajstić information content (AvgIpc) is 3.46. The lowest BCUT2D eigenvalue weighted by Crippen LogP contribution is -2.30. The molecule has 0 aliphatic rings. The molecular formula is C75H128O6. The summed E-state index contributed by atoms with van der Waals surface area (Å²) in [5.41, 5.74) is 0. The summed E-state index contributed by atoms with van der Waals surface area (Å²) in [5.74, 6) is -0.894. The zero-order valence-electron chi connectivity index (χ0n) is 53.3. The molecule has 1 atom stereocenters. The van der Waals surface area contributed by atoms with Crippen LogP contribution in [0, 0.1) is 0 Å². The summed E-state index contributed by atoms with van der Waals surface area (Å²) in [5, 5.41) is 0. The van der Waals surface area contributed by atoms with Gasteiger partial charge >= 0.3 is 17.9 Å². The smallest absolute Gasteiger partial charge is 0.306 e. The van der Waals surface area contributed by atoms with Crippen molar-refractivity contribution in [1.82, 2.24) is 0 Å². The average molecular weight is 1130 g/mol. The van der Waals surface area contributed by atoms with Gasteiger partial charge in [-0.2, -0.15) is 0 Å². The summed E-state index contributed by atoms with van der Waals surface area (Å²) in [6, 6.07) is 0. The Morgan fingerprint density at radius 1 is 0.259 bits per heavy atom. The predicted octanol–water partition coefficient (Wildman–Crippen LogP) is 23.8. The minimum Gasteiger partial charge on any atom is -0.462 e. The Hall–Kier alpha value is -3.93. The van der Waals surface area contributed by atoms with Gasteiger partial charge in [0.15, 0.2) is 6.10 Å². The predicted molar refractivity (Wildman–Crippen MR) is 353 cm³/mol. The van der Waals surface area contributed by atoms with Crippen LogP contribution in [0.5, 0.6) is 0 Å². The first kappa shape index (κ1) is 77.1. The summed E-state index contributed by atoms with van der Waals surface area (Å²) in [4.78, 5) is 38.4. The third kappa shape index (κ3) is 66.8. The van der Waals surface area contributed by atoms with Crippen molar-refractivity contribution >= 4 is 17.9 Å². The molecule has 0 spiro atoms. The molecule has 464 valence electrons. The van der Waals surface area contributed by atoms with Crippen LogP contribution < -0.4 is 0 Å². The molecule has 0 rings (SSSR count). The number of allylic oxidation sites excluding steroid dienone is 18. The van der Waals surface area contributed by atoms with Crippen molar-refractivity contribution in [2.45, 2.75) is 335 Å². The lowest BCUT2D eigenvalue weighted by Gasteiger charge is -2.18. The van der Waals surface area contributed by atoms with Gasteiger partial charge in [0.2, 0.25) is 0 Å². The number of esters is 3. The fourth-order valence-corrected chi connectivity index (χ4v) is 9.60. The molecule has 0 aliphatic carbocycles. The molecule has 0 aromatic rings. The van der Waals surface area contributed by atoms with E-state index in [1.54, 1.807) is 0 Å². The number of unbranched alkanes of at least 4 members (excludes halogenated alkanes) is 33. The molecule has 6 heteroatoms. The van der Waals surface area contributed by atoms with Crippen LogP contribution in [0.15, 0.2) is 109 Å². The summed E-state index contributed by atoms with van der Waals surface area (Å²) in [6.45, 7) is 6.48. The third-order valence-electron chi connectivity index (χ3n) is 14.7. The Balaban J connectivity index is 4.30. The maximum Gasteiger partial charge on any atom is 0.306 e. The molecule has 0 saturated heterocycles. The number of hydrogen-bond donors (Lipinski definition) is 0. The van der Waals surface area contributed by atoms with Crippen molar-refractivity contribution in [3.8, 4) is 0 Å². The van der Waals surface area contributed by atoms with Gasteiger partial charge in [0, 0.05) is 19.3 Å². The van der Waals surface area contributed by atoms with Crippen LogP contribution in [-0.2, 0) is 28.6 Å². The van der Waals surface area contributed by atoms with Crippen molar-refractivity contribution < 1.29 is 28.6 Å². The third-order valence-corrected chi connectivity index (χ3v) is 14.7. The first-order valence-electron chi connectivity index (χ1n) is 34.4. The van der Waals surface area contributed by atoms with E-state index in [2.05, 4.69) is 130 Å². The lowest BCUT2D eigenvalue weighted by molar-refractivity contribution is -0.167. The molecule has 0 saturated carbocycles. The Bertz CT molecular complexity index is 1620. The standard InChI is InChI=1S/C75H128O6/c1-4-7-10-13-16-19-22-25-27-29-31-33-34-35-36-37-38-39-40-42-43-45-47-50-53-56-59-62-65-68-74(77)80-71-72(70-79-73(76)67-64-61-58-55-52-49-24-21-18-15-12-9-6-3)81-75(78)69-66-63-60-57-54-51-48-46-44-41-32-30-28-26-23-20-17-14-11-8-5-2/h7,10,12,15-16,19,21,24-25,27,30-33,35-36,38-39,72H,4-6,8-9,11,13-14,17-18,20,22-23,26,28-29,34,37,40-71H2,1-3H3/b10-7-,15-12-,19-16-,24-21-,27-25-,32-30-,33-31-,36-35-,39-38-. The molecule has 0 aromatic carbocycles. The van der Waals surface area contributed by atoms with E-state index in [1.165, 1.54) is 161 Å². The molecule has 6 nitrogen and oxygen atoms in total. The minimum atomic E-state index is -0.789. The zero-order chi connectivity index (χ0) is 58.5. The van der Waals surface area contributed by atoms with Crippen molar-refractivity contribution in [3.63, 3.8) is 0 Å². The number of carbonyl (C=O) groups is 3. The van der Waals surface area contributed by atoms with E-state index in [0.29, 0.717) is 19.3 Å². The van der Waals surface area contributed by atoms with Crippen molar-refractivity contribution in [2.24, 2.45) is 0 Å². The fraction of sp³-hybridized carbons (Fsp3) is 0.720. The van der Waals surface area contributed by atoms with Crippen LogP contribution in [0.1, 0.15) is 329 Å². The first-order chi connectivity index (χ1) is 40.0. The normalized spacial score (nSPS) is 12.8. The van der Waals surface area contributed by atoms with Crippen molar-refractivity contribution in [3.05, 3.63) is 109 Å². The van der Waals surface area contributed by atoms with E-state index in [-0.39, 0.29) is 31.1 Å². The molecular weight excluding hydrogens is 997 g/mol. The second-order valence-corrected chi connectivity index (χ2v) is 22.7. The van der Waals surface area contributed by atoms with Gasteiger partial charge in [-0.05, 0) is 122 Å². The van der Waals surface area contributed by atoms with Crippen LogP contribution in [0.2, 0.25) is 0 Å². The highest BCUT2D eigenvalue weighted by Crippen LogP contribution is 2.16. The van der Waals surface area contributed by atoms with Gasteiger partial charge in [0.05, 0.1) is 0 Å². The van der Waals surface area contributed by atoms with Crippen LogP contribution in [0.4, 0.5) is 0 Å². The SMILES string of the molecule is CC/C=C\C/C=C\C/C=C\C/C=C\C/C=C\C/C=C\CCCCCCCCCCCCC(=O)OCC(COC(=O)CCCCCCC/C=C\C/C=C\CCC)OC(=O)CCCCCCCCCCC/C=C\CCCCCCCCCC. The molecule has 81 heavy (non-hydrogen) atoms. The van der Waals surface area contributed by atoms with Gasteiger partial charge in [-0.15, -0.1) is 0 Å². The van der Waals surface area contributed by atoms with Gasteiger partial charge in [-0.1, -0.05) is 297 Å². The second kappa shape index (κ2) is 68.6. The van der Waals surface area contributed by atoms with Gasteiger partial charge in [-0.3, -0.25) is 14.4 Å². The molecule has 0 fully saturated rings. The second-order valence-electron chi connectivity index (χ2n) is 22.7. The first-order valence-corrected chi connectivity index (χ1v) is 34.4. The molecule has 0 aromatic heterocycles. The summed E-state index contributed by atoms with van der Waals surface area (Å²) >= 11 is 0. The van der Waals surface area contributed by atoms with E-state index in [4.69, 9.17) is 14.2 Å². The van der Waals surface area contributed by atoms with Crippen LogP contribution in [0.25, 0.3) is 0 Å². The minimum absolute atomic E-state index is 0.0850. The fourth-order valence-electron chi connectivity index (χ4n) is 9.60. The van der Waals surface area contributed by atoms with Crippen LogP contribution in [0.3, 0.4) is 0 Å². The number of rotatable bonds is 62. The molecule has 0 N–H and O–H groups in total. The quantitative estimate of drug-likeness (QED) is 0.0261. The molecule has 0 bridgehead atoms. The van der Waals surface area contributed by atoms with Crippen molar-refractivity contribution in [1.29, 1.82) is 0 Å². The molecule has 0 radical (unpaired) electrons. The molecule has 0 heterocycles. The van der Waals surface area contributed by atoms with E-state index < -0.39 is 6.10 Å². The Kier molecular flexibility index (Phi) is 65.2. The maximum atomic E-state index is 12.9. The highest BCUT2D eigenvalue weighted by atomic mass is 16.6. The van der Waals surface area contributed by atoms with E-state index in [1.807, 2.05) is 0 Å². The van der Waals surface area contributed by atoms with E-state index >= 15 is 0 Å². The molecule has 0 aliphatic heterocycles. The number of carbonyl (C=O) groups excluding carboxylic acids is 3.